The zero-order chi connectivity index (χ0) is 18.8. The number of methoxy groups -OCH3 is 1. The lowest BCUT2D eigenvalue weighted by atomic mass is 10.0. The lowest BCUT2D eigenvalue weighted by Crippen LogP contribution is -2.17. The van der Waals surface area contributed by atoms with Gasteiger partial charge in [0.25, 0.3) is 0 Å². The summed E-state index contributed by atoms with van der Waals surface area (Å²) in [7, 11) is 0.960. The monoisotopic (exact) mass is 357 g/mol. The topological polar surface area (TPSA) is 48.4 Å². The second kappa shape index (κ2) is 7.08. The highest BCUT2D eigenvalue weighted by molar-refractivity contribution is 5.94. The summed E-state index contributed by atoms with van der Waals surface area (Å²) in [6.45, 7) is 3.05. The Morgan fingerprint density at radius 1 is 1.24 bits per heavy atom. The van der Waals surface area contributed by atoms with E-state index in [2.05, 4.69) is 9.72 Å². The van der Waals surface area contributed by atoms with Crippen molar-refractivity contribution < 1.29 is 31.8 Å². The maximum atomic E-state index is 13.8. The highest BCUT2D eigenvalue weighted by Crippen LogP contribution is 2.38. The molecular weight excluding hydrogens is 342 g/mol. The average Bonchev–Trinajstić information content (AvgIpc) is 2.55. The van der Waals surface area contributed by atoms with Crippen molar-refractivity contribution in [2.24, 2.45) is 0 Å². The molecule has 1 aromatic heterocycles. The van der Waals surface area contributed by atoms with Crippen molar-refractivity contribution in [1.29, 1.82) is 0 Å². The van der Waals surface area contributed by atoms with E-state index in [0.29, 0.717) is 11.6 Å². The number of alkyl halides is 3. The van der Waals surface area contributed by atoms with E-state index in [1.54, 1.807) is 0 Å². The number of nitrogens with zero attached hydrogens (tertiary/aromatic N) is 1. The fraction of sp³-hybridized carbons (Fsp3) is 0.294. The largest absolute Gasteiger partial charge is 0.477 e. The molecule has 1 aromatic carbocycles. The summed E-state index contributed by atoms with van der Waals surface area (Å²) in [6.07, 6.45) is -4.85. The van der Waals surface area contributed by atoms with Gasteiger partial charge in [-0.2, -0.15) is 13.2 Å². The van der Waals surface area contributed by atoms with Gasteiger partial charge < -0.3 is 9.47 Å². The molecule has 0 aliphatic carbocycles. The summed E-state index contributed by atoms with van der Waals surface area (Å²) in [5.41, 5.74) is -1.76. The molecule has 0 bridgehead atoms. The third kappa shape index (κ3) is 3.89. The number of carbonyl (C=O) groups excluding carboxylic acids is 1. The van der Waals surface area contributed by atoms with Crippen molar-refractivity contribution in [3.63, 3.8) is 0 Å². The van der Waals surface area contributed by atoms with Gasteiger partial charge in [0, 0.05) is 5.56 Å². The Hall–Kier alpha value is -2.64. The second-order valence-corrected chi connectivity index (χ2v) is 5.12. The third-order valence-electron chi connectivity index (χ3n) is 3.43. The zero-order valence-corrected chi connectivity index (χ0v) is 13.7. The van der Waals surface area contributed by atoms with Crippen LogP contribution in [0, 0.1) is 12.7 Å². The van der Waals surface area contributed by atoms with Crippen molar-refractivity contribution >= 4 is 5.97 Å². The normalized spacial score (nSPS) is 11.3. The number of hydrogen-bond donors (Lipinski definition) is 0. The van der Waals surface area contributed by atoms with Gasteiger partial charge >= 0.3 is 12.1 Å². The number of esters is 1. The van der Waals surface area contributed by atoms with Crippen LogP contribution in [0.3, 0.4) is 0 Å². The average molecular weight is 357 g/mol. The molecule has 0 atom stereocenters. The second-order valence-electron chi connectivity index (χ2n) is 5.12. The first-order valence-electron chi connectivity index (χ1n) is 7.28. The predicted molar refractivity (Wildman–Crippen MR) is 81.9 cm³/mol. The minimum Gasteiger partial charge on any atom is -0.477 e. The Bertz CT molecular complexity index is 803. The van der Waals surface area contributed by atoms with Crippen molar-refractivity contribution in [2.45, 2.75) is 20.0 Å². The first-order chi connectivity index (χ1) is 11.7. The Labute approximate surface area is 141 Å². The lowest BCUT2D eigenvalue weighted by Gasteiger charge is -2.16. The Morgan fingerprint density at radius 3 is 2.44 bits per heavy atom. The van der Waals surface area contributed by atoms with Gasteiger partial charge in [-0.25, -0.2) is 14.2 Å². The number of pyridine rings is 1. The SMILES string of the molecule is CCOc1nc(-c2ccc(C)c(F)c2)cc(C(F)(F)F)c1C(=O)OC. The van der Waals surface area contributed by atoms with Crippen molar-refractivity contribution in [2.75, 3.05) is 13.7 Å². The van der Waals surface area contributed by atoms with Crippen LogP contribution in [0.1, 0.15) is 28.4 Å². The van der Waals surface area contributed by atoms with E-state index in [9.17, 15) is 22.4 Å². The number of halogens is 4. The molecule has 1 heterocycles. The van der Waals surface area contributed by atoms with Crippen LogP contribution in [-0.4, -0.2) is 24.7 Å². The Balaban J connectivity index is 2.76. The molecule has 0 radical (unpaired) electrons. The number of aromatic nitrogens is 1. The minimum atomic E-state index is -4.85. The molecule has 134 valence electrons. The molecule has 0 N–H and O–H groups in total. The molecule has 0 aliphatic rings. The van der Waals surface area contributed by atoms with Gasteiger partial charge in [0.1, 0.15) is 11.4 Å². The van der Waals surface area contributed by atoms with E-state index in [1.807, 2.05) is 0 Å². The van der Waals surface area contributed by atoms with Crippen molar-refractivity contribution in [1.82, 2.24) is 4.98 Å². The maximum absolute atomic E-state index is 13.8. The number of carbonyl (C=O) groups is 1. The first kappa shape index (κ1) is 18.7. The van der Waals surface area contributed by atoms with Gasteiger partial charge in [-0.15, -0.1) is 0 Å². The maximum Gasteiger partial charge on any atom is 0.417 e. The van der Waals surface area contributed by atoms with Gasteiger partial charge in [-0.1, -0.05) is 12.1 Å². The quantitative estimate of drug-likeness (QED) is 0.601. The molecule has 0 unspecified atom stereocenters. The summed E-state index contributed by atoms with van der Waals surface area (Å²) >= 11 is 0. The first-order valence-corrected chi connectivity index (χ1v) is 7.28. The molecule has 2 rings (SSSR count). The molecule has 0 spiro atoms. The molecule has 0 amide bonds. The number of rotatable bonds is 4. The smallest absolute Gasteiger partial charge is 0.417 e. The van der Waals surface area contributed by atoms with E-state index in [0.717, 1.165) is 13.2 Å². The van der Waals surface area contributed by atoms with Gasteiger partial charge in [0.15, 0.2) is 0 Å². The molecule has 0 aliphatic heterocycles. The summed E-state index contributed by atoms with van der Waals surface area (Å²) < 4.78 is 63.6. The Morgan fingerprint density at radius 2 is 1.92 bits per heavy atom. The summed E-state index contributed by atoms with van der Waals surface area (Å²) in [5.74, 6) is -2.31. The van der Waals surface area contributed by atoms with E-state index >= 15 is 0 Å². The molecule has 2 aromatic rings. The molecule has 0 saturated heterocycles. The zero-order valence-electron chi connectivity index (χ0n) is 13.7. The standard InChI is InChI=1S/C17H15F4NO3/c1-4-25-15-14(16(23)24-3)11(17(19,20)21)8-13(22-15)10-6-5-9(2)12(18)7-10/h5-8H,4H2,1-3H3. The minimum absolute atomic E-state index is 0.0139. The van der Waals surface area contributed by atoms with Crippen LogP contribution in [0.2, 0.25) is 0 Å². The van der Waals surface area contributed by atoms with Crippen LogP contribution in [-0.2, 0) is 10.9 Å². The van der Waals surface area contributed by atoms with Gasteiger partial charge in [-0.3, -0.25) is 0 Å². The highest BCUT2D eigenvalue weighted by atomic mass is 19.4. The number of aryl methyl sites for hydroxylation is 1. The molecule has 0 fully saturated rings. The lowest BCUT2D eigenvalue weighted by molar-refractivity contribution is -0.138. The molecule has 0 saturated carbocycles. The molecule has 25 heavy (non-hydrogen) atoms. The number of benzene rings is 1. The van der Waals surface area contributed by atoms with Crippen molar-refractivity contribution in [3.05, 3.63) is 46.8 Å². The summed E-state index contributed by atoms with van der Waals surface area (Å²) in [6, 6.07) is 4.62. The predicted octanol–water partition coefficient (Wildman–Crippen LogP) is 4.40. The highest BCUT2D eigenvalue weighted by Gasteiger charge is 2.39. The van der Waals surface area contributed by atoms with Crippen molar-refractivity contribution in [3.8, 4) is 17.1 Å². The van der Waals surface area contributed by atoms with Gasteiger partial charge in [-0.05, 0) is 31.5 Å². The fourth-order valence-electron chi connectivity index (χ4n) is 2.19. The fourth-order valence-corrected chi connectivity index (χ4v) is 2.19. The van der Waals surface area contributed by atoms with Crippen LogP contribution in [0.25, 0.3) is 11.3 Å². The number of ether oxygens (including phenoxy) is 2. The van der Waals surface area contributed by atoms with Crippen LogP contribution < -0.4 is 4.74 Å². The molecular formula is C17H15F4NO3. The van der Waals surface area contributed by atoms with Crippen LogP contribution in [0.4, 0.5) is 17.6 Å². The molecule has 4 nitrogen and oxygen atoms in total. The van der Waals surface area contributed by atoms with Crippen LogP contribution in [0.5, 0.6) is 5.88 Å². The summed E-state index contributed by atoms with van der Waals surface area (Å²) in [5, 5.41) is 0. The van der Waals surface area contributed by atoms with E-state index in [4.69, 9.17) is 4.74 Å². The molecule has 8 heteroatoms. The Kier molecular flexibility index (Phi) is 5.30. The number of hydrogen-bond acceptors (Lipinski definition) is 4. The van der Waals surface area contributed by atoms with E-state index < -0.39 is 35.0 Å². The van der Waals surface area contributed by atoms with Crippen LogP contribution >= 0.6 is 0 Å². The summed E-state index contributed by atoms with van der Waals surface area (Å²) in [4.78, 5) is 15.8. The van der Waals surface area contributed by atoms with Gasteiger partial charge in [0.05, 0.1) is 25.0 Å². The third-order valence-corrected chi connectivity index (χ3v) is 3.43. The van der Waals surface area contributed by atoms with Gasteiger partial charge in [0.2, 0.25) is 5.88 Å². The van der Waals surface area contributed by atoms with E-state index in [1.165, 1.54) is 26.0 Å². The van der Waals surface area contributed by atoms with Crippen LogP contribution in [0.15, 0.2) is 24.3 Å². The van der Waals surface area contributed by atoms with E-state index in [-0.39, 0.29) is 17.9 Å².